The second-order valence-electron chi connectivity index (χ2n) is 8.47. The van der Waals surface area contributed by atoms with Crippen LogP contribution in [0.4, 0.5) is 0 Å². The number of methoxy groups -OCH3 is 1. The molecule has 3 heterocycles. The maximum Gasteiger partial charge on any atom is 0.295 e. The smallest absolute Gasteiger partial charge is 0.295 e. The van der Waals surface area contributed by atoms with Gasteiger partial charge < -0.3 is 24.0 Å². The summed E-state index contributed by atoms with van der Waals surface area (Å²) in [7, 11) is 3.48. The highest BCUT2D eigenvalue weighted by molar-refractivity contribution is 6.46. The predicted molar refractivity (Wildman–Crippen MR) is 124 cm³/mol. The summed E-state index contributed by atoms with van der Waals surface area (Å²) in [6.45, 7) is 1.19. The number of benzene rings is 2. The van der Waals surface area contributed by atoms with E-state index >= 15 is 0 Å². The molecule has 7 heteroatoms. The first-order valence-electron chi connectivity index (χ1n) is 11.1. The van der Waals surface area contributed by atoms with Gasteiger partial charge in [-0.3, -0.25) is 9.59 Å². The number of ketones is 1. The Morgan fingerprint density at radius 1 is 1.21 bits per heavy atom. The second-order valence-corrected chi connectivity index (χ2v) is 8.47. The normalized spacial score (nSPS) is 19.7. The minimum atomic E-state index is -0.710. The highest BCUT2D eigenvalue weighted by atomic mass is 16.5. The number of ether oxygens (including phenoxy) is 2. The number of amides is 1. The zero-order chi connectivity index (χ0) is 23.1. The molecule has 1 aromatic heterocycles. The lowest BCUT2D eigenvalue weighted by atomic mass is 9.93. The number of hydrogen-bond acceptors (Lipinski definition) is 5. The fraction of sp³-hybridized carbons (Fsp3) is 0.308. The van der Waals surface area contributed by atoms with Crippen LogP contribution in [-0.4, -0.2) is 53.1 Å². The van der Waals surface area contributed by atoms with Gasteiger partial charge in [-0.15, -0.1) is 0 Å². The number of carbonyl (C=O) groups excluding carboxylic acids is 2. The molecule has 1 amide bonds. The van der Waals surface area contributed by atoms with Crippen LogP contribution in [0.5, 0.6) is 5.75 Å². The van der Waals surface area contributed by atoms with E-state index in [9.17, 15) is 14.7 Å². The Morgan fingerprint density at radius 3 is 2.85 bits per heavy atom. The zero-order valence-electron chi connectivity index (χ0n) is 18.7. The number of nitrogens with zero attached hydrogens (tertiary/aromatic N) is 2. The summed E-state index contributed by atoms with van der Waals surface area (Å²) < 4.78 is 12.9. The Labute approximate surface area is 191 Å². The van der Waals surface area contributed by atoms with Gasteiger partial charge in [0.25, 0.3) is 11.7 Å². The van der Waals surface area contributed by atoms with Crippen LogP contribution in [0, 0.1) is 0 Å². The summed E-state index contributed by atoms with van der Waals surface area (Å²) in [4.78, 5) is 27.8. The van der Waals surface area contributed by atoms with Crippen molar-refractivity contribution in [2.45, 2.75) is 18.9 Å². The Bertz CT molecular complexity index is 1290. The molecule has 2 aliphatic rings. The van der Waals surface area contributed by atoms with Crippen LogP contribution in [0.1, 0.15) is 29.2 Å². The number of rotatable bonds is 5. The summed E-state index contributed by atoms with van der Waals surface area (Å²) in [6.07, 6.45) is 3.66. The van der Waals surface area contributed by atoms with E-state index in [1.165, 1.54) is 4.90 Å². The monoisotopic (exact) mass is 446 g/mol. The van der Waals surface area contributed by atoms with Crippen molar-refractivity contribution in [2.24, 2.45) is 7.05 Å². The van der Waals surface area contributed by atoms with Gasteiger partial charge in [0.2, 0.25) is 0 Å². The number of Topliss-reactive ketones (excluding diaryl/α,β-unsaturated/α-hetero) is 1. The Balaban J connectivity index is 1.70. The van der Waals surface area contributed by atoms with Crippen molar-refractivity contribution in [1.82, 2.24) is 9.47 Å². The molecule has 2 aliphatic heterocycles. The van der Waals surface area contributed by atoms with Crippen LogP contribution < -0.4 is 4.74 Å². The third kappa shape index (κ3) is 3.49. The van der Waals surface area contributed by atoms with Crippen molar-refractivity contribution in [1.29, 1.82) is 0 Å². The third-order valence-electron chi connectivity index (χ3n) is 6.48. The van der Waals surface area contributed by atoms with Gasteiger partial charge in [-0.1, -0.05) is 18.2 Å². The Kier molecular flexibility index (Phi) is 5.42. The van der Waals surface area contributed by atoms with Gasteiger partial charge in [-0.05, 0) is 42.7 Å². The summed E-state index contributed by atoms with van der Waals surface area (Å²) in [5, 5.41) is 12.3. The van der Waals surface area contributed by atoms with Crippen LogP contribution >= 0.6 is 0 Å². The van der Waals surface area contributed by atoms with Gasteiger partial charge in [0.1, 0.15) is 11.5 Å². The van der Waals surface area contributed by atoms with Crippen LogP contribution in [-0.2, 0) is 27.8 Å². The van der Waals surface area contributed by atoms with Crippen molar-refractivity contribution in [3.8, 4) is 5.75 Å². The molecule has 1 N–H and O–H groups in total. The van der Waals surface area contributed by atoms with E-state index in [1.807, 2.05) is 54.2 Å². The van der Waals surface area contributed by atoms with Crippen molar-refractivity contribution in [3.63, 3.8) is 0 Å². The first-order valence-corrected chi connectivity index (χ1v) is 11.1. The summed E-state index contributed by atoms with van der Waals surface area (Å²) in [5.41, 5.74) is 3.38. The molecule has 1 atom stereocenters. The maximum atomic E-state index is 13.2. The molecule has 0 radical (unpaired) electrons. The van der Waals surface area contributed by atoms with E-state index in [-0.39, 0.29) is 24.5 Å². The molecule has 2 aromatic carbocycles. The van der Waals surface area contributed by atoms with Gasteiger partial charge in [0.05, 0.1) is 24.8 Å². The average Bonchev–Trinajstić information content (AvgIpc) is 3.30. The van der Waals surface area contributed by atoms with Gasteiger partial charge in [0, 0.05) is 48.9 Å². The first kappa shape index (κ1) is 21.3. The molecule has 5 rings (SSSR count). The first-order chi connectivity index (χ1) is 16.0. The molecule has 33 heavy (non-hydrogen) atoms. The minimum absolute atomic E-state index is 0.101. The maximum absolute atomic E-state index is 13.2. The Morgan fingerprint density at radius 2 is 2.03 bits per heavy atom. The Hall–Kier alpha value is -3.58. The standard InChI is InChI=1S/C26H26N2O5/c1-27-15-19(18-7-3-4-8-20(18)27)23-22(25(30)26(31)28(23)11-13-32-2)24(29)17-9-10-21-16(14-17)6-5-12-33-21/h3-4,7-10,14-15,23,29H,5-6,11-13H2,1-2H3/b24-22+. The lowest BCUT2D eigenvalue weighted by molar-refractivity contribution is -0.140. The number of para-hydroxylation sites is 1. The SMILES string of the molecule is COCCN1C(=O)C(=O)/C(=C(/O)c2ccc3c(c2)CCCO3)C1c1cn(C)c2ccccc12. The number of aryl methyl sites for hydroxylation is 2. The number of aromatic nitrogens is 1. The minimum Gasteiger partial charge on any atom is -0.507 e. The quantitative estimate of drug-likeness (QED) is 0.368. The van der Waals surface area contributed by atoms with E-state index in [2.05, 4.69) is 0 Å². The highest BCUT2D eigenvalue weighted by Gasteiger charge is 2.46. The van der Waals surface area contributed by atoms with Crippen LogP contribution in [0.25, 0.3) is 16.7 Å². The number of fused-ring (bicyclic) bond motifs is 2. The number of hydrogen-bond donors (Lipinski definition) is 1. The molecular weight excluding hydrogens is 420 g/mol. The molecular formula is C26H26N2O5. The second kappa shape index (κ2) is 8.41. The van der Waals surface area contributed by atoms with Crippen LogP contribution in [0.2, 0.25) is 0 Å². The van der Waals surface area contributed by atoms with Crippen molar-refractivity contribution < 1.29 is 24.2 Å². The molecule has 0 bridgehead atoms. The van der Waals surface area contributed by atoms with E-state index < -0.39 is 17.7 Å². The highest BCUT2D eigenvalue weighted by Crippen LogP contribution is 2.42. The number of aliphatic hydroxyl groups is 1. The molecule has 0 spiro atoms. The zero-order valence-corrected chi connectivity index (χ0v) is 18.7. The third-order valence-corrected chi connectivity index (χ3v) is 6.48. The molecule has 3 aromatic rings. The van der Waals surface area contributed by atoms with Crippen LogP contribution in [0.15, 0.2) is 54.2 Å². The van der Waals surface area contributed by atoms with Gasteiger partial charge >= 0.3 is 0 Å². The number of carbonyl (C=O) groups is 2. The number of likely N-dealkylation sites (tertiary alicyclic amines) is 1. The van der Waals surface area contributed by atoms with Crippen molar-refractivity contribution >= 4 is 28.4 Å². The van der Waals surface area contributed by atoms with Crippen molar-refractivity contribution in [2.75, 3.05) is 26.9 Å². The molecule has 0 saturated carbocycles. The summed E-state index contributed by atoms with van der Waals surface area (Å²) in [6, 6.07) is 12.5. The lowest BCUT2D eigenvalue weighted by Crippen LogP contribution is -2.32. The van der Waals surface area contributed by atoms with Gasteiger partial charge in [-0.25, -0.2) is 0 Å². The number of aliphatic hydroxyl groups excluding tert-OH is 1. The van der Waals surface area contributed by atoms with Gasteiger partial charge in [0.15, 0.2) is 0 Å². The molecule has 170 valence electrons. The van der Waals surface area contributed by atoms with E-state index in [0.29, 0.717) is 12.2 Å². The molecule has 0 aliphatic carbocycles. The molecule has 7 nitrogen and oxygen atoms in total. The van der Waals surface area contributed by atoms with E-state index in [0.717, 1.165) is 40.6 Å². The summed E-state index contributed by atoms with van der Waals surface area (Å²) in [5.74, 6) is -0.688. The van der Waals surface area contributed by atoms with Gasteiger partial charge in [-0.2, -0.15) is 0 Å². The average molecular weight is 447 g/mol. The fourth-order valence-electron chi connectivity index (χ4n) is 4.88. The van der Waals surface area contributed by atoms with E-state index in [1.54, 1.807) is 13.2 Å². The molecule has 1 saturated heterocycles. The topological polar surface area (TPSA) is 81.0 Å². The molecule has 1 fully saturated rings. The van der Waals surface area contributed by atoms with Crippen molar-refractivity contribution in [3.05, 3.63) is 70.9 Å². The molecule has 1 unspecified atom stereocenters. The fourth-order valence-corrected chi connectivity index (χ4v) is 4.88. The lowest BCUT2D eigenvalue weighted by Gasteiger charge is -2.24. The summed E-state index contributed by atoms with van der Waals surface area (Å²) >= 11 is 0. The van der Waals surface area contributed by atoms with Crippen LogP contribution in [0.3, 0.4) is 0 Å². The largest absolute Gasteiger partial charge is 0.507 e. The van der Waals surface area contributed by atoms with E-state index in [4.69, 9.17) is 9.47 Å². The predicted octanol–water partition coefficient (Wildman–Crippen LogP) is 3.57.